The Morgan fingerprint density at radius 1 is 1.19 bits per heavy atom. The molecule has 0 bridgehead atoms. The molecule has 5 nitrogen and oxygen atoms in total. The van der Waals surface area contributed by atoms with Gasteiger partial charge in [0.15, 0.2) is 0 Å². The minimum absolute atomic E-state index is 0.347. The fourth-order valence-electron chi connectivity index (χ4n) is 2.13. The highest BCUT2D eigenvalue weighted by Crippen LogP contribution is 2.19. The zero-order valence-electron chi connectivity index (χ0n) is 11.8. The summed E-state index contributed by atoms with van der Waals surface area (Å²) < 4.78 is 4.67. The van der Waals surface area contributed by atoms with Crippen molar-refractivity contribution in [3.63, 3.8) is 0 Å². The summed E-state index contributed by atoms with van der Waals surface area (Å²) in [7, 11) is 1.37. The molecule has 0 spiro atoms. The number of hydrogen-bond acceptors (Lipinski definition) is 4. The van der Waals surface area contributed by atoms with E-state index in [9.17, 15) is 4.79 Å². The molecule has 2 aromatic carbocycles. The minimum atomic E-state index is -0.347. The molecule has 2 N–H and O–H groups in total. The average Bonchev–Trinajstić information content (AvgIpc) is 2.88. The number of anilines is 2. The second-order valence-electron chi connectivity index (χ2n) is 4.80. The number of hydrogen-bond donors (Lipinski definition) is 2. The molecule has 21 heavy (non-hydrogen) atoms. The third-order valence-electron chi connectivity index (χ3n) is 3.21. The Hall–Kier alpha value is -2.82. The lowest BCUT2D eigenvalue weighted by atomic mass is 10.2. The molecule has 3 aromatic rings. The number of ether oxygens (including phenoxy) is 1. The number of rotatable bonds is 3. The van der Waals surface area contributed by atoms with Crippen molar-refractivity contribution in [2.75, 3.05) is 12.4 Å². The summed E-state index contributed by atoms with van der Waals surface area (Å²) in [4.78, 5) is 19.1. The van der Waals surface area contributed by atoms with Crippen molar-refractivity contribution in [2.45, 2.75) is 6.92 Å². The number of H-pyrrole nitrogens is 1. The summed E-state index contributed by atoms with van der Waals surface area (Å²) in [5, 5.41) is 3.18. The van der Waals surface area contributed by atoms with Gasteiger partial charge in [0.25, 0.3) is 0 Å². The smallest absolute Gasteiger partial charge is 0.337 e. The van der Waals surface area contributed by atoms with E-state index >= 15 is 0 Å². The molecule has 0 atom stereocenters. The van der Waals surface area contributed by atoms with E-state index in [1.54, 1.807) is 12.1 Å². The first kappa shape index (κ1) is 13.2. The summed E-state index contributed by atoms with van der Waals surface area (Å²) >= 11 is 0. The van der Waals surface area contributed by atoms with Gasteiger partial charge in [0.2, 0.25) is 5.95 Å². The van der Waals surface area contributed by atoms with E-state index in [0.29, 0.717) is 11.5 Å². The Morgan fingerprint density at radius 2 is 1.95 bits per heavy atom. The van der Waals surface area contributed by atoms with Gasteiger partial charge in [0.05, 0.1) is 23.7 Å². The molecule has 0 aliphatic heterocycles. The molecular formula is C16H15N3O2. The SMILES string of the molecule is COC(=O)c1ccc(Nc2nc3ccc(C)cc3[nH]2)cc1. The molecule has 1 heterocycles. The molecule has 0 saturated carbocycles. The fourth-order valence-corrected chi connectivity index (χ4v) is 2.13. The minimum Gasteiger partial charge on any atom is -0.465 e. The van der Waals surface area contributed by atoms with Gasteiger partial charge < -0.3 is 15.0 Å². The third-order valence-corrected chi connectivity index (χ3v) is 3.21. The van der Waals surface area contributed by atoms with Crippen molar-refractivity contribution in [1.82, 2.24) is 9.97 Å². The molecule has 5 heteroatoms. The van der Waals surface area contributed by atoms with Crippen LogP contribution in [0.3, 0.4) is 0 Å². The van der Waals surface area contributed by atoms with Crippen molar-refractivity contribution in [1.29, 1.82) is 0 Å². The monoisotopic (exact) mass is 281 g/mol. The Morgan fingerprint density at radius 3 is 2.67 bits per heavy atom. The number of aromatic nitrogens is 2. The molecule has 0 fully saturated rings. The van der Waals surface area contributed by atoms with Crippen LogP contribution in [-0.4, -0.2) is 23.0 Å². The van der Waals surface area contributed by atoms with E-state index < -0.39 is 0 Å². The first-order valence-electron chi connectivity index (χ1n) is 6.57. The number of carbonyl (C=O) groups is 1. The molecule has 0 radical (unpaired) electrons. The van der Waals surface area contributed by atoms with Gasteiger partial charge in [-0.3, -0.25) is 0 Å². The van der Waals surface area contributed by atoms with Gasteiger partial charge in [-0.2, -0.15) is 0 Å². The summed E-state index contributed by atoms with van der Waals surface area (Å²) in [6.07, 6.45) is 0. The molecule has 0 amide bonds. The van der Waals surface area contributed by atoms with E-state index in [1.807, 2.05) is 37.3 Å². The van der Waals surface area contributed by atoms with Gasteiger partial charge in [0, 0.05) is 5.69 Å². The summed E-state index contributed by atoms with van der Waals surface area (Å²) in [6, 6.07) is 13.1. The van der Waals surface area contributed by atoms with Crippen molar-refractivity contribution in [3.8, 4) is 0 Å². The Kier molecular flexibility index (Phi) is 3.31. The van der Waals surface area contributed by atoms with Crippen LogP contribution >= 0.6 is 0 Å². The molecule has 106 valence electrons. The topological polar surface area (TPSA) is 67.0 Å². The van der Waals surface area contributed by atoms with Crippen LogP contribution in [0.15, 0.2) is 42.5 Å². The number of nitrogens with zero attached hydrogens (tertiary/aromatic N) is 1. The number of aryl methyl sites for hydroxylation is 1. The number of aromatic amines is 1. The standard InChI is InChI=1S/C16H15N3O2/c1-10-3-8-13-14(9-10)19-16(18-13)17-12-6-4-11(5-7-12)15(20)21-2/h3-9H,1-2H3,(H2,17,18,19). The van der Waals surface area contributed by atoms with Gasteiger partial charge in [-0.25, -0.2) is 9.78 Å². The van der Waals surface area contributed by atoms with E-state index in [0.717, 1.165) is 16.7 Å². The van der Waals surface area contributed by atoms with E-state index in [1.165, 1.54) is 12.7 Å². The maximum Gasteiger partial charge on any atom is 0.337 e. The van der Waals surface area contributed by atoms with Gasteiger partial charge >= 0.3 is 5.97 Å². The maximum atomic E-state index is 11.4. The molecule has 0 aliphatic rings. The molecule has 0 unspecified atom stereocenters. The molecule has 1 aromatic heterocycles. The highest BCUT2D eigenvalue weighted by atomic mass is 16.5. The van der Waals surface area contributed by atoms with Crippen LogP contribution in [0.1, 0.15) is 15.9 Å². The van der Waals surface area contributed by atoms with Crippen LogP contribution < -0.4 is 5.32 Å². The molecule has 0 aliphatic carbocycles. The van der Waals surface area contributed by atoms with Crippen LogP contribution in [-0.2, 0) is 4.74 Å². The van der Waals surface area contributed by atoms with Crippen LogP contribution in [0, 0.1) is 6.92 Å². The number of methoxy groups -OCH3 is 1. The number of imidazole rings is 1. The van der Waals surface area contributed by atoms with Crippen molar-refractivity contribution >= 4 is 28.6 Å². The Balaban J connectivity index is 1.83. The summed E-state index contributed by atoms with van der Waals surface area (Å²) in [6.45, 7) is 2.04. The third kappa shape index (κ3) is 2.72. The highest BCUT2D eigenvalue weighted by Gasteiger charge is 2.06. The second-order valence-corrected chi connectivity index (χ2v) is 4.80. The number of nitrogens with one attached hydrogen (secondary N) is 2. The Labute approximate surface area is 122 Å². The average molecular weight is 281 g/mol. The van der Waals surface area contributed by atoms with Gasteiger partial charge in [-0.05, 0) is 48.9 Å². The normalized spacial score (nSPS) is 10.6. The van der Waals surface area contributed by atoms with Crippen LogP contribution in [0.4, 0.5) is 11.6 Å². The van der Waals surface area contributed by atoms with Gasteiger partial charge in [0.1, 0.15) is 0 Å². The van der Waals surface area contributed by atoms with Crippen molar-refractivity contribution < 1.29 is 9.53 Å². The predicted molar refractivity (Wildman–Crippen MR) is 81.9 cm³/mol. The van der Waals surface area contributed by atoms with Crippen LogP contribution in [0.5, 0.6) is 0 Å². The highest BCUT2D eigenvalue weighted by molar-refractivity contribution is 5.89. The van der Waals surface area contributed by atoms with E-state index in [-0.39, 0.29) is 5.97 Å². The van der Waals surface area contributed by atoms with Crippen LogP contribution in [0.25, 0.3) is 11.0 Å². The molecular weight excluding hydrogens is 266 g/mol. The zero-order chi connectivity index (χ0) is 14.8. The second kappa shape index (κ2) is 5.28. The van der Waals surface area contributed by atoms with Crippen molar-refractivity contribution in [2.24, 2.45) is 0 Å². The quantitative estimate of drug-likeness (QED) is 0.722. The number of fused-ring (bicyclic) bond motifs is 1. The van der Waals surface area contributed by atoms with Crippen molar-refractivity contribution in [3.05, 3.63) is 53.6 Å². The summed E-state index contributed by atoms with van der Waals surface area (Å²) in [5.74, 6) is 0.321. The van der Waals surface area contributed by atoms with E-state index in [4.69, 9.17) is 0 Å². The zero-order valence-corrected chi connectivity index (χ0v) is 11.8. The van der Waals surface area contributed by atoms with Gasteiger partial charge in [-0.15, -0.1) is 0 Å². The van der Waals surface area contributed by atoms with E-state index in [2.05, 4.69) is 20.0 Å². The largest absolute Gasteiger partial charge is 0.465 e. The Bertz CT molecular complexity index is 791. The maximum absolute atomic E-state index is 11.4. The molecule has 0 saturated heterocycles. The first-order chi connectivity index (χ1) is 10.2. The van der Waals surface area contributed by atoms with Gasteiger partial charge in [-0.1, -0.05) is 6.07 Å². The lowest BCUT2D eigenvalue weighted by Gasteiger charge is -2.03. The predicted octanol–water partition coefficient (Wildman–Crippen LogP) is 3.40. The number of benzene rings is 2. The molecule has 3 rings (SSSR count). The number of esters is 1. The lowest BCUT2D eigenvalue weighted by molar-refractivity contribution is 0.0601. The lowest BCUT2D eigenvalue weighted by Crippen LogP contribution is -2.01. The van der Waals surface area contributed by atoms with Crippen LogP contribution in [0.2, 0.25) is 0 Å². The number of carbonyl (C=O) groups excluding carboxylic acids is 1. The first-order valence-corrected chi connectivity index (χ1v) is 6.57. The fraction of sp³-hybridized carbons (Fsp3) is 0.125. The summed E-state index contributed by atoms with van der Waals surface area (Å²) in [5.41, 5.74) is 4.44.